The van der Waals surface area contributed by atoms with Gasteiger partial charge in [-0.2, -0.15) is 5.10 Å². The number of benzene rings is 1. The van der Waals surface area contributed by atoms with Crippen LogP contribution in [0.2, 0.25) is 0 Å². The maximum atomic E-state index is 5.16. The zero-order valence-electron chi connectivity index (χ0n) is 11.9. The summed E-state index contributed by atoms with van der Waals surface area (Å²) in [5.74, 6) is 0.891. The number of aromatic nitrogens is 2. The second-order valence-corrected chi connectivity index (χ2v) is 5.35. The molecule has 1 aliphatic rings. The molecule has 1 fully saturated rings. The number of nitrogens with one attached hydrogen (secondary N) is 1. The van der Waals surface area contributed by atoms with Crippen LogP contribution in [0.4, 0.5) is 5.69 Å². The van der Waals surface area contributed by atoms with E-state index >= 15 is 0 Å². The second-order valence-electron chi connectivity index (χ2n) is 5.35. The van der Waals surface area contributed by atoms with Gasteiger partial charge < -0.3 is 10.1 Å². The number of nitrogens with zero attached hydrogens (tertiary/aromatic N) is 2. The molecule has 0 unspecified atom stereocenters. The van der Waals surface area contributed by atoms with E-state index in [4.69, 9.17) is 4.74 Å². The van der Waals surface area contributed by atoms with E-state index in [2.05, 4.69) is 33.4 Å². The van der Waals surface area contributed by atoms with Crippen LogP contribution in [-0.4, -0.2) is 16.9 Å². The summed E-state index contributed by atoms with van der Waals surface area (Å²) in [7, 11) is 1.69. The van der Waals surface area contributed by atoms with Gasteiger partial charge in [0.2, 0.25) is 0 Å². The Morgan fingerprint density at radius 3 is 2.70 bits per heavy atom. The summed E-state index contributed by atoms with van der Waals surface area (Å²) >= 11 is 0. The minimum absolute atomic E-state index is 0.603. The Hall–Kier alpha value is -1.97. The molecule has 0 atom stereocenters. The fraction of sp³-hybridized carbons (Fsp3) is 0.438. The van der Waals surface area contributed by atoms with Crippen molar-refractivity contribution in [3.63, 3.8) is 0 Å². The average Bonchev–Trinajstić information content (AvgIpc) is 3.16. The van der Waals surface area contributed by atoms with Gasteiger partial charge in [-0.15, -0.1) is 0 Å². The first-order valence-electron chi connectivity index (χ1n) is 7.26. The lowest BCUT2D eigenvalue weighted by Crippen LogP contribution is -2.04. The molecule has 1 N–H and O–H groups in total. The smallest absolute Gasteiger partial charge is 0.118 e. The molecule has 1 heterocycles. The number of rotatable bonds is 5. The predicted molar refractivity (Wildman–Crippen MR) is 80.1 cm³/mol. The van der Waals surface area contributed by atoms with Crippen LogP contribution in [0, 0.1) is 0 Å². The van der Waals surface area contributed by atoms with E-state index in [0.29, 0.717) is 6.04 Å². The van der Waals surface area contributed by atoms with Crippen molar-refractivity contribution in [2.45, 2.75) is 38.3 Å². The molecule has 3 rings (SSSR count). The number of methoxy groups -OCH3 is 1. The molecular weight excluding hydrogens is 250 g/mol. The summed E-state index contributed by atoms with van der Waals surface area (Å²) in [5, 5.41) is 7.89. The molecule has 2 aromatic rings. The van der Waals surface area contributed by atoms with Crippen molar-refractivity contribution >= 4 is 5.69 Å². The number of ether oxygens (including phenoxy) is 1. The minimum atomic E-state index is 0.603. The Balaban J connectivity index is 1.57. The molecule has 0 spiro atoms. The van der Waals surface area contributed by atoms with Gasteiger partial charge in [-0.05, 0) is 30.5 Å². The first-order valence-corrected chi connectivity index (χ1v) is 7.26. The fourth-order valence-corrected chi connectivity index (χ4v) is 2.75. The largest absolute Gasteiger partial charge is 0.497 e. The van der Waals surface area contributed by atoms with Gasteiger partial charge in [-0.1, -0.05) is 25.0 Å². The fourth-order valence-electron chi connectivity index (χ4n) is 2.75. The highest BCUT2D eigenvalue weighted by molar-refractivity contribution is 5.40. The molecule has 1 saturated carbocycles. The Labute approximate surface area is 119 Å². The zero-order chi connectivity index (χ0) is 13.8. The van der Waals surface area contributed by atoms with Gasteiger partial charge in [0.05, 0.1) is 25.0 Å². The van der Waals surface area contributed by atoms with Gasteiger partial charge in [-0.3, -0.25) is 4.68 Å². The summed E-state index contributed by atoms with van der Waals surface area (Å²) < 4.78 is 7.27. The van der Waals surface area contributed by atoms with Crippen LogP contribution in [-0.2, 0) is 6.54 Å². The van der Waals surface area contributed by atoms with E-state index in [9.17, 15) is 0 Å². The first kappa shape index (κ1) is 13.0. The van der Waals surface area contributed by atoms with Crippen LogP contribution >= 0.6 is 0 Å². The van der Waals surface area contributed by atoms with Crippen LogP contribution in [0.15, 0.2) is 36.7 Å². The van der Waals surface area contributed by atoms with E-state index in [0.717, 1.165) is 18.0 Å². The molecule has 4 heteroatoms. The SMILES string of the molecule is COc1ccc(CNc2cnn(C3CCCC3)c2)cc1. The number of hydrogen-bond acceptors (Lipinski definition) is 3. The highest BCUT2D eigenvalue weighted by atomic mass is 16.5. The predicted octanol–water partition coefficient (Wildman–Crippen LogP) is 3.62. The Kier molecular flexibility index (Phi) is 3.90. The van der Waals surface area contributed by atoms with Crippen LogP contribution < -0.4 is 10.1 Å². The van der Waals surface area contributed by atoms with E-state index in [1.165, 1.54) is 31.2 Å². The number of anilines is 1. The van der Waals surface area contributed by atoms with Crippen LogP contribution in [0.5, 0.6) is 5.75 Å². The summed E-state index contributed by atoms with van der Waals surface area (Å²) in [4.78, 5) is 0. The molecule has 1 aromatic heterocycles. The quantitative estimate of drug-likeness (QED) is 0.902. The molecule has 0 saturated heterocycles. The van der Waals surface area contributed by atoms with E-state index in [1.807, 2.05) is 18.3 Å². The summed E-state index contributed by atoms with van der Waals surface area (Å²) in [6.45, 7) is 0.806. The summed E-state index contributed by atoms with van der Waals surface area (Å²) in [5.41, 5.74) is 2.33. The topological polar surface area (TPSA) is 39.1 Å². The van der Waals surface area contributed by atoms with Crippen LogP contribution in [0.25, 0.3) is 0 Å². The maximum absolute atomic E-state index is 5.16. The minimum Gasteiger partial charge on any atom is -0.497 e. The summed E-state index contributed by atoms with van der Waals surface area (Å²) in [6, 6.07) is 8.73. The average molecular weight is 271 g/mol. The van der Waals surface area contributed by atoms with Gasteiger partial charge >= 0.3 is 0 Å². The monoisotopic (exact) mass is 271 g/mol. The van der Waals surface area contributed by atoms with Crippen molar-refractivity contribution in [1.29, 1.82) is 0 Å². The Morgan fingerprint density at radius 1 is 1.25 bits per heavy atom. The van der Waals surface area contributed by atoms with Crippen molar-refractivity contribution in [2.24, 2.45) is 0 Å². The molecule has 4 nitrogen and oxygen atoms in total. The highest BCUT2D eigenvalue weighted by Crippen LogP contribution is 2.29. The Morgan fingerprint density at radius 2 is 2.00 bits per heavy atom. The standard InChI is InChI=1S/C16H21N3O/c1-20-16-8-6-13(7-9-16)10-17-14-11-18-19(12-14)15-4-2-3-5-15/h6-9,11-12,15,17H,2-5,10H2,1H3. The van der Waals surface area contributed by atoms with Crippen molar-refractivity contribution < 1.29 is 4.74 Å². The molecule has 1 aliphatic carbocycles. The third-order valence-corrected chi connectivity index (χ3v) is 3.96. The third-order valence-electron chi connectivity index (χ3n) is 3.96. The summed E-state index contributed by atoms with van der Waals surface area (Å²) in [6.07, 6.45) is 9.23. The lowest BCUT2D eigenvalue weighted by atomic mass is 10.2. The Bertz CT molecular complexity index is 541. The van der Waals surface area contributed by atoms with Gasteiger partial charge in [-0.25, -0.2) is 0 Å². The molecule has 0 aliphatic heterocycles. The van der Waals surface area contributed by atoms with Crippen LogP contribution in [0.1, 0.15) is 37.3 Å². The molecule has 106 valence electrons. The second kappa shape index (κ2) is 5.99. The van der Waals surface area contributed by atoms with Gasteiger partial charge in [0.25, 0.3) is 0 Å². The molecule has 0 radical (unpaired) electrons. The molecular formula is C16H21N3O. The van der Waals surface area contributed by atoms with E-state index in [-0.39, 0.29) is 0 Å². The lowest BCUT2D eigenvalue weighted by Gasteiger charge is -2.08. The maximum Gasteiger partial charge on any atom is 0.118 e. The lowest BCUT2D eigenvalue weighted by molar-refractivity contribution is 0.414. The molecule has 0 bridgehead atoms. The van der Waals surface area contributed by atoms with E-state index in [1.54, 1.807) is 7.11 Å². The van der Waals surface area contributed by atoms with Gasteiger partial charge in [0.15, 0.2) is 0 Å². The van der Waals surface area contributed by atoms with Crippen molar-refractivity contribution in [3.05, 3.63) is 42.2 Å². The van der Waals surface area contributed by atoms with Gasteiger partial charge in [0.1, 0.15) is 5.75 Å². The molecule has 1 aromatic carbocycles. The van der Waals surface area contributed by atoms with Gasteiger partial charge in [0, 0.05) is 12.7 Å². The number of hydrogen-bond donors (Lipinski definition) is 1. The highest BCUT2D eigenvalue weighted by Gasteiger charge is 2.17. The molecule has 20 heavy (non-hydrogen) atoms. The van der Waals surface area contributed by atoms with Crippen molar-refractivity contribution in [2.75, 3.05) is 12.4 Å². The first-order chi connectivity index (χ1) is 9.85. The van der Waals surface area contributed by atoms with Crippen LogP contribution in [0.3, 0.4) is 0 Å². The van der Waals surface area contributed by atoms with Crippen molar-refractivity contribution in [1.82, 2.24) is 9.78 Å². The third kappa shape index (κ3) is 2.95. The van der Waals surface area contributed by atoms with Crippen molar-refractivity contribution in [3.8, 4) is 5.75 Å². The molecule has 0 amide bonds. The normalized spacial score (nSPS) is 15.4. The van der Waals surface area contributed by atoms with E-state index < -0.39 is 0 Å². The zero-order valence-corrected chi connectivity index (χ0v) is 11.9.